The van der Waals surface area contributed by atoms with Gasteiger partial charge in [0.1, 0.15) is 23.8 Å². The highest BCUT2D eigenvalue weighted by molar-refractivity contribution is 5.99. The number of fused-ring (bicyclic) bond motifs is 2. The molecule has 3 saturated heterocycles. The number of aromatic nitrogens is 3. The smallest absolute Gasteiger partial charge is 0.247 e. The SMILES string of the molecule is CC[C@H](C)[C@H](CO)N1C(=O)[C@@H]2[C@H](C(=O)NCc3ccccc3)[C@]3(CC)CCC2(O3)C1C(=O)NCn1nnc2ccccc21. The lowest BCUT2D eigenvalue weighted by Crippen LogP contribution is -2.59. The van der Waals surface area contributed by atoms with Crippen molar-refractivity contribution in [1.82, 2.24) is 30.5 Å². The fraction of sp³-hybridized carbons (Fsp3) is 0.531. The fourth-order valence-corrected chi connectivity index (χ4v) is 7.70. The van der Waals surface area contributed by atoms with Crippen molar-refractivity contribution < 1.29 is 24.2 Å². The largest absolute Gasteiger partial charge is 0.394 e. The lowest BCUT2D eigenvalue weighted by molar-refractivity contribution is -0.152. The Hall–Kier alpha value is -3.83. The molecule has 11 heteroatoms. The van der Waals surface area contributed by atoms with Gasteiger partial charge in [-0.15, -0.1) is 5.10 Å². The average molecular weight is 589 g/mol. The monoisotopic (exact) mass is 588 g/mol. The number of rotatable bonds is 11. The van der Waals surface area contributed by atoms with Gasteiger partial charge in [-0.3, -0.25) is 14.4 Å². The molecule has 2 unspecified atom stereocenters. The molecule has 3 aliphatic heterocycles. The Morgan fingerprint density at radius 2 is 1.81 bits per heavy atom. The Bertz CT molecular complexity index is 1510. The second-order valence-corrected chi connectivity index (χ2v) is 12.2. The van der Waals surface area contributed by atoms with Crippen LogP contribution in [0.3, 0.4) is 0 Å². The molecule has 2 aromatic carbocycles. The molecule has 228 valence electrons. The van der Waals surface area contributed by atoms with Gasteiger partial charge in [0.25, 0.3) is 0 Å². The summed E-state index contributed by atoms with van der Waals surface area (Å²) in [5.41, 5.74) is 0.395. The number of aliphatic hydroxyl groups excluding tert-OH is 1. The number of para-hydroxylation sites is 1. The molecule has 3 N–H and O–H groups in total. The number of hydrogen-bond donors (Lipinski definition) is 3. The Kier molecular flexibility index (Phi) is 7.72. The van der Waals surface area contributed by atoms with Crippen molar-refractivity contribution in [2.75, 3.05) is 6.61 Å². The summed E-state index contributed by atoms with van der Waals surface area (Å²) in [6.45, 7) is 6.00. The van der Waals surface area contributed by atoms with E-state index < -0.39 is 41.0 Å². The minimum atomic E-state index is -1.18. The highest BCUT2D eigenvalue weighted by atomic mass is 16.5. The van der Waals surface area contributed by atoms with Gasteiger partial charge < -0.3 is 25.4 Å². The van der Waals surface area contributed by atoms with E-state index >= 15 is 0 Å². The van der Waals surface area contributed by atoms with Gasteiger partial charge in [0, 0.05) is 6.54 Å². The van der Waals surface area contributed by atoms with E-state index in [1.54, 1.807) is 4.68 Å². The molecule has 2 bridgehead atoms. The number of ether oxygens (including phenoxy) is 1. The molecule has 4 heterocycles. The normalized spacial score (nSPS) is 29.1. The number of benzene rings is 2. The molecule has 6 rings (SSSR count). The molecular weight excluding hydrogens is 548 g/mol. The van der Waals surface area contributed by atoms with Crippen LogP contribution >= 0.6 is 0 Å². The summed E-state index contributed by atoms with van der Waals surface area (Å²) in [6, 6.07) is 15.5. The van der Waals surface area contributed by atoms with Crippen molar-refractivity contribution in [3.05, 3.63) is 60.2 Å². The summed E-state index contributed by atoms with van der Waals surface area (Å²) in [7, 11) is 0. The second-order valence-electron chi connectivity index (χ2n) is 12.2. The number of hydrogen-bond acceptors (Lipinski definition) is 7. The molecule has 3 amide bonds. The van der Waals surface area contributed by atoms with Crippen molar-refractivity contribution in [2.45, 2.75) is 83.0 Å². The highest BCUT2D eigenvalue weighted by Crippen LogP contribution is 2.64. The summed E-state index contributed by atoms with van der Waals surface area (Å²) in [6.07, 6.45) is 2.27. The van der Waals surface area contributed by atoms with E-state index in [1.165, 1.54) is 4.90 Å². The number of nitrogens with one attached hydrogen (secondary N) is 2. The summed E-state index contributed by atoms with van der Waals surface area (Å²) in [4.78, 5) is 44.2. The van der Waals surface area contributed by atoms with E-state index in [9.17, 15) is 19.5 Å². The van der Waals surface area contributed by atoms with Crippen LogP contribution in [0.25, 0.3) is 11.0 Å². The standard InChI is InChI=1S/C32H40N6O5/c1-4-20(3)24(18-39)38-27(29(41)34-19-37-23-14-10-9-13-22(23)35-36-37)32-16-15-31(5-2,43-32)25(26(32)30(38)42)28(40)33-17-21-11-7-6-8-12-21/h6-14,20,24-27,39H,4-5,15-19H2,1-3H3,(H,33,40)(H,34,41)/t20-,24-,25+,26-,27?,31-,32?/m0/s1. The van der Waals surface area contributed by atoms with Crippen molar-refractivity contribution in [1.29, 1.82) is 0 Å². The highest BCUT2D eigenvalue weighted by Gasteiger charge is 2.79. The molecule has 3 aliphatic rings. The van der Waals surface area contributed by atoms with Gasteiger partial charge in [0.15, 0.2) is 0 Å². The first-order valence-electron chi connectivity index (χ1n) is 15.3. The maximum absolute atomic E-state index is 14.5. The van der Waals surface area contributed by atoms with Crippen LogP contribution in [0.2, 0.25) is 0 Å². The minimum Gasteiger partial charge on any atom is -0.394 e. The number of likely N-dealkylation sites (tertiary alicyclic amines) is 1. The number of nitrogens with zero attached hydrogens (tertiary/aromatic N) is 4. The van der Waals surface area contributed by atoms with E-state index in [4.69, 9.17) is 4.74 Å². The molecule has 0 saturated carbocycles. The van der Waals surface area contributed by atoms with Gasteiger partial charge in [-0.05, 0) is 42.9 Å². The predicted octanol–water partition coefficient (Wildman–Crippen LogP) is 2.38. The molecule has 11 nitrogen and oxygen atoms in total. The first-order valence-corrected chi connectivity index (χ1v) is 15.3. The zero-order chi connectivity index (χ0) is 30.4. The Labute approximate surface area is 250 Å². The third kappa shape index (κ3) is 4.60. The minimum absolute atomic E-state index is 0.0473. The van der Waals surface area contributed by atoms with Gasteiger partial charge in [-0.25, -0.2) is 4.68 Å². The van der Waals surface area contributed by atoms with Crippen LogP contribution in [-0.2, 0) is 32.3 Å². The quantitative estimate of drug-likeness (QED) is 0.313. The molecular formula is C32H40N6O5. The maximum atomic E-state index is 14.5. The van der Waals surface area contributed by atoms with Crippen LogP contribution in [-0.4, -0.2) is 72.6 Å². The third-order valence-corrected chi connectivity index (χ3v) is 10.1. The lowest BCUT2D eigenvalue weighted by Gasteiger charge is -2.39. The Balaban J connectivity index is 1.34. The number of aliphatic hydroxyl groups is 1. The lowest BCUT2D eigenvalue weighted by atomic mass is 9.65. The second kappa shape index (κ2) is 11.3. The zero-order valence-electron chi connectivity index (χ0n) is 24.9. The summed E-state index contributed by atoms with van der Waals surface area (Å²) in [5, 5.41) is 24.9. The van der Waals surface area contributed by atoms with Crippen LogP contribution in [0.15, 0.2) is 54.6 Å². The van der Waals surface area contributed by atoms with Crippen molar-refractivity contribution in [3.8, 4) is 0 Å². The predicted molar refractivity (Wildman–Crippen MR) is 158 cm³/mol. The fourth-order valence-electron chi connectivity index (χ4n) is 7.70. The van der Waals surface area contributed by atoms with Crippen LogP contribution in [0.1, 0.15) is 52.0 Å². The van der Waals surface area contributed by atoms with Gasteiger partial charge in [0.2, 0.25) is 17.7 Å². The molecule has 7 atom stereocenters. The Morgan fingerprint density at radius 1 is 1.07 bits per heavy atom. The molecule has 3 fully saturated rings. The van der Waals surface area contributed by atoms with Crippen molar-refractivity contribution in [2.24, 2.45) is 17.8 Å². The molecule has 3 aromatic rings. The van der Waals surface area contributed by atoms with Crippen LogP contribution in [0, 0.1) is 17.8 Å². The summed E-state index contributed by atoms with van der Waals surface area (Å²) in [5.74, 6) is -2.61. The number of carbonyl (C=O) groups excluding carboxylic acids is 3. The number of carbonyl (C=O) groups is 3. The van der Waals surface area contributed by atoms with Crippen molar-refractivity contribution >= 4 is 28.8 Å². The zero-order valence-corrected chi connectivity index (χ0v) is 24.9. The van der Waals surface area contributed by atoms with Gasteiger partial charge in [0.05, 0.1) is 35.6 Å². The summed E-state index contributed by atoms with van der Waals surface area (Å²) >= 11 is 0. The van der Waals surface area contributed by atoms with Crippen molar-refractivity contribution in [3.63, 3.8) is 0 Å². The van der Waals surface area contributed by atoms with E-state index in [-0.39, 0.29) is 31.0 Å². The third-order valence-electron chi connectivity index (χ3n) is 10.1. The van der Waals surface area contributed by atoms with E-state index in [2.05, 4.69) is 20.9 Å². The van der Waals surface area contributed by atoms with Crippen LogP contribution in [0.4, 0.5) is 0 Å². The van der Waals surface area contributed by atoms with Gasteiger partial charge in [-0.2, -0.15) is 0 Å². The topological polar surface area (TPSA) is 139 Å². The Morgan fingerprint density at radius 3 is 2.53 bits per heavy atom. The van der Waals surface area contributed by atoms with Crippen LogP contribution < -0.4 is 10.6 Å². The van der Waals surface area contributed by atoms with Gasteiger partial charge in [-0.1, -0.05) is 74.9 Å². The average Bonchev–Trinajstić information content (AvgIpc) is 3.77. The van der Waals surface area contributed by atoms with E-state index in [1.807, 2.05) is 75.4 Å². The molecule has 1 aromatic heterocycles. The summed E-state index contributed by atoms with van der Waals surface area (Å²) < 4.78 is 8.45. The first kappa shape index (κ1) is 29.3. The molecule has 43 heavy (non-hydrogen) atoms. The number of amides is 3. The molecule has 1 spiro atoms. The van der Waals surface area contributed by atoms with Gasteiger partial charge >= 0.3 is 0 Å². The maximum Gasteiger partial charge on any atom is 0.247 e. The molecule has 0 aliphatic carbocycles. The molecule has 0 radical (unpaired) electrons. The van der Waals surface area contributed by atoms with E-state index in [0.29, 0.717) is 37.7 Å². The van der Waals surface area contributed by atoms with Crippen LogP contribution in [0.5, 0.6) is 0 Å². The first-order chi connectivity index (χ1) is 20.8. The van der Waals surface area contributed by atoms with E-state index in [0.717, 1.165) is 11.1 Å².